The minimum absolute atomic E-state index is 0.278. The number of nitrogens with zero attached hydrogens (tertiary/aromatic N) is 4. The Hall–Kier alpha value is -2.69. The third kappa shape index (κ3) is 4.94. The Labute approximate surface area is 222 Å². The normalized spacial score (nSPS) is 27.8. The predicted molar refractivity (Wildman–Crippen MR) is 151 cm³/mol. The van der Waals surface area contributed by atoms with E-state index >= 15 is 0 Å². The summed E-state index contributed by atoms with van der Waals surface area (Å²) in [6.07, 6.45) is 16.6. The maximum Gasteiger partial charge on any atom is 0.223 e. The van der Waals surface area contributed by atoms with Crippen LogP contribution in [0.3, 0.4) is 0 Å². The molecule has 0 spiro atoms. The molecule has 2 aliphatic heterocycles. The molecule has 1 aromatic rings. The van der Waals surface area contributed by atoms with Crippen LogP contribution in [-0.4, -0.2) is 52.2 Å². The average molecular weight is 499 g/mol. The molecule has 0 N–H and O–H groups in total. The van der Waals surface area contributed by atoms with Crippen LogP contribution in [0.15, 0.2) is 47.2 Å². The molecule has 5 nitrogen and oxygen atoms in total. The van der Waals surface area contributed by atoms with E-state index < -0.39 is 0 Å². The average Bonchev–Trinajstić information content (AvgIpc) is 3.80. The zero-order valence-electron chi connectivity index (χ0n) is 22.7. The molecule has 6 rings (SSSR count). The van der Waals surface area contributed by atoms with Crippen molar-refractivity contribution in [2.45, 2.75) is 77.7 Å². The smallest absolute Gasteiger partial charge is 0.223 e. The van der Waals surface area contributed by atoms with Crippen molar-refractivity contribution in [3.8, 4) is 0 Å². The highest BCUT2D eigenvalue weighted by atomic mass is 16.2. The van der Waals surface area contributed by atoms with Crippen molar-refractivity contribution >= 4 is 23.4 Å². The van der Waals surface area contributed by atoms with Gasteiger partial charge in [-0.15, -0.1) is 0 Å². The van der Waals surface area contributed by atoms with Gasteiger partial charge in [-0.25, -0.2) is 4.99 Å². The van der Waals surface area contributed by atoms with Crippen molar-refractivity contribution < 1.29 is 4.79 Å². The Morgan fingerprint density at radius 2 is 1.97 bits per heavy atom. The van der Waals surface area contributed by atoms with Gasteiger partial charge in [0.15, 0.2) is 0 Å². The standard InChI is InChI=1S/C32H42N4O/c1-4-7-27-21(3)30(25-14-15-33-26(5-2)19-25)31(24-12-13-24)34-32(27)35-16-17-36(28(20-35)23-10-11-23)29(37)18-22-8-6-9-22/h5,7,14-15,19,21-24,28H,2,4,6,8-13,16-18,20H2,1,3H3. The molecule has 1 saturated heterocycles. The number of hydrogen-bond donors (Lipinski definition) is 0. The maximum absolute atomic E-state index is 13.3. The summed E-state index contributed by atoms with van der Waals surface area (Å²) in [5.74, 6) is 3.71. The summed E-state index contributed by atoms with van der Waals surface area (Å²) in [4.78, 5) is 28.0. The summed E-state index contributed by atoms with van der Waals surface area (Å²) in [6.45, 7) is 11.2. The number of amides is 1. The largest absolute Gasteiger partial charge is 0.353 e. The Morgan fingerprint density at radius 1 is 1.16 bits per heavy atom. The predicted octanol–water partition coefficient (Wildman–Crippen LogP) is 6.34. The first-order valence-corrected chi connectivity index (χ1v) is 14.7. The second-order valence-electron chi connectivity index (χ2n) is 11.9. The van der Waals surface area contributed by atoms with Gasteiger partial charge in [-0.05, 0) is 91.7 Å². The fraction of sp³-hybridized carbons (Fsp3) is 0.594. The van der Waals surface area contributed by atoms with Crippen LogP contribution in [-0.2, 0) is 4.79 Å². The van der Waals surface area contributed by atoms with E-state index in [1.165, 1.54) is 73.2 Å². The molecule has 5 heteroatoms. The summed E-state index contributed by atoms with van der Waals surface area (Å²) in [5, 5.41) is 0. The number of allylic oxidation sites excluding steroid dienone is 3. The molecule has 1 aromatic heterocycles. The van der Waals surface area contributed by atoms with E-state index in [1.807, 2.05) is 12.3 Å². The van der Waals surface area contributed by atoms with Gasteiger partial charge in [-0.1, -0.05) is 32.9 Å². The van der Waals surface area contributed by atoms with Gasteiger partial charge >= 0.3 is 0 Å². The second-order valence-corrected chi connectivity index (χ2v) is 11.9. The van der Waals surface area contributed by atoms with Crippen molar-refractivity contribution in [2.24, 2.45) is 28.7 Å². The van der Waals surface area contributed by atoms with Crippen LogP contribution in [0.2, 0.25) is 0 Å². The third-order valence-electron chi connectivity index (χ3n) is 9.24. The molecule has 0 bridgehead atoms. The number of pyridine rings is 1. The van der Waals surface area contributed by atoms with E-state index in [9.17, 15) is 4.79 Å². The molecule has 3 heterocycles. The van der Waals surface area contributed by atoms with E-state index in [-0.39, 0.29) is 5.92 Å². The lowest BCUT2D eigenvalue weighted by Gasteiger charge is -2.45. The zero-order chi connectivity index (χ0) is 25.5. The third-order valence-corrected chi connectivity index (χ3v) is 9.24. The number of hydrogen-bond acceptors (Lipinski definition) is 4. The zero-order valence-corrected chi connectivity index (χ0v) is 22.7. The number of aliphatic imine (C=N–C) groups is 1. The lowest BCUT2D eigenvalue weighted by Crippen LogP contribution is -2.58. The fourth-order valence-corrected chi connectivity index (χ4v) is 6.60. The fourth-order valence-electron chi connectivity index (χ4n) is 6.60. The van der Waals surface area contributed by atoms with Crippen LogP contribution in [0.25, 0.3) is 11.6 Å². The van der Waals surface area contributed by atoms with Gasteiger partial charge in [0, 0.05) is 44.1 Å². The Bertz CT molecular complexity index is 1150. The van der Waals surface area contributed by atoms with E-state index in [0.29, 0.717) is 29.7 Å². The van der Waals surface area contributed by atoms with E-state index in [4.69, 9.17) is 4.99 Å². The molecule has 0 aromatic carbocycles. The van der Waals surface area contributed by atoms with Gasteiger partial charge in [-0.2, -0.15) is 0 Å². The molecule has 4 fully saturated rings. The molecule has 37 heavy (non-hydrogen) atoms. The molecule has 3 aliphatic carbocycles. The Morgan fingerprint density at radius 3 is 2.62 bits per heavy atom. The molecule has 5 aliphatic rings. The van der Waals surface area contributed by atoms with Crippen molar-refractivity contribution in [2.75, 3.05) is 19.6 Å². The summed E-state index contributed by atoms with van der Waals surface area (Å²) in [6, 6.07) is 4.65. The highest BCUT2D eigenvalue weighted by Crippen LogP contribution is 2.48. The topological polar surface area (TPSA) is 48.8 Å². The summed E-state index contributed by atoms with van der Waals surface area (Å²) < 4.78 is 0. The molecule has 196 valence electrons. The second kappa shape index (κ2) is 10.2. The van der Waals surface area contributed by atoms with E-state index in [0.717, 1.165) is 38.2 Å². The van der Waals surface area contributed by atoms with Crippen molar-refractivity contribution in [1.29, 1.82) is 0 Å². The first-order chi connectivity index (χ1) is 18.1. The summed E-state index contributed by atoms with van der Waals surface area (Å²) in [5.41, 5.74) is 6.14. The van der Waals surface area contributed by atoms with Crippen LogP contribution in [0.5, 0.6) is 0 Å². The van der Waals surface area contributed by atoms with Crippen molar-refractivity contribution in [3.05, 3.63) is 53.5 Å². The molecular weight excluding hydrogens is 456 g/mol. The monoisotopic (exact) mass is 498 g/mol. The number of rotatable bonds is 7. The highest BCUT2D eigenvalue weighted by Gasteiger charge is 2.44. The molecule has 2 atom stereocenters. The number of aromatic nitrogens is 1. The van der Waals surface area contributed by atoms with Gasteiger partial charge in [0.2, 0.25) is 5.91 Å². The van der Waals surface area contributed by atoms with Crippen molar-refractivity contribution in [3.63, 3.8) is 0 Å². The number of piperazine rings is 1. The van der Waals surface area contributed by atoms with Crippen molar-refractivity contribution in [1.82, 2.24) is 14.8 Å². The first-order valence-electron chi connectivity index (χ1n) is 14.7. The molecule has 3 saturated carbocycles. The van der Waals surface area contributed by atoms with Gasteiger partial charge in [0.25, 0.3) is 0 Å². The lowest BCUT2D eigenvalue weighted by molar-refractivity contribution is -0.137. The quantitative estimate of drug-likeness (QED) is 0.440. The maximum atomic E-state index is 13.3. The van der Waals surface area contributed by atoms with Crippen LogP contribution in [0.4, 0.5) is 0 Å². The molecule has 2 unspecified atom stereocenters. The molecular formula is C32H42N4O. The van der Waals surface area contributed by atoms with Gasteiger partial charge in [-0.3, -0.25) is 9.78 Å². The van der Waals surface area contributed by atoms with Crippen LogP contribution in [0, 0.1) is 23.7 Å². The number of amidine groups is 1. The van der Waals surface area contributed by atoms with E-state index in [2.05, 4.69) is 53.4 Å². The highest BCUT2D eigenvalue weighted by molar-refractivity contribution is 6.04. The van der Waals surface area contributed by atoms with E-state index in [1.54, 1.807) is 0 Å². The number of carbonyl (C=O) groups excluding carboxylic acids is 1. The Balaban J connectivity index is 1.33. The van der Waals surface area contributed by atoms with Gasteiger partial charge in [0.1, 0.15) is 5.84 Å². The van der Waals surface area contributed by atoms with Crippen LogP contribution in [0.1, 0.15) is 82.9 Å². The first kappa shape index (κ1) is 24.6. The minimum Gasteiger partial charge on any atom is -0.353 e. The van der Waals surface area contributed by atoms with Gasteiger partial charge < -0.3 is 9.80 Å². The minimum atomic E-state index is 0.278. The lowest BCUT2D eigenvalue weighted by atomic mass is 9.81. The van der Waals surface area contributed by atoms with Gasteiger partial charge in [0.05, 0.1) is 17.4 Å². The molecule has 1 amide bonds. The SMILES string of the molecule is C=Cc1cc(C2=C(C3CC3)N=C(N3CCN(C(=O)CC4CCC4)C(C4CC4)C3)C(=CCC)C2C)ccn1. The Kier molecular flexibility index (Phi) is 6.81. The number of carbonyl (C=O) groups is 1. The molecule has 0 radical (unpaired) electrons. The van der Waals surface area contributed by atoms with Crippen LogP contribution < -0.4 is 0 Å². The summed E-state index contributed by atoms with van der Waals surface area (Å²) >= 11 is 0. The van der Waals surface area contributed by atoms with Crippen LogP contribution >= 0.6 is 0 Å². The summed E-state index contributed by atoms with van der Waals surface area (Å²) in [7, 11) is 0.